The van der Waals surface area contributed by atoms with Gasteiger partial charge in [0.2, 0.25) is 0 Å². The zero-order valence-electron chi connectivity index (χ0n) is 18.7. The van der Waals surface area contributed by atoms with Crippen molar-refractivity contribution >= 4 is 17.5 Å². The number of alkyl halides is 3. The van der Waals surface area contributed by atoms with Crippen LogP contribution in [-0.2, 0) is 0 Å². The molecule has 4 rings (SSSR count). The molecular weight excluding hydrogens is 486 g/mol. The minimum absolute atomic E-state index is 0.0330. The average Bonchev–Trinajstić information content (AvgIpc) is 3.65. The Bertz CT molecular complexity index is 1330. The van der Waals surface area contributed by atoms with Crippen molar-refractivity contribution in [1.82, 2.24) is 4.98 Å². The van der Waals surface area contributed by atoms with Gasteiger partial charge in [0.15, 0.2) is 11.5 Å². The van der Waals surface area contributed by atoms with E-state index in [2.05, 4.69) is 15.0 Å². The molecule has 0 saturated heterocycles. The quantitative estimate of drug-likeness (QED) is 0.410. The van der Waals surface area contributed by atoms with Gasteiger partial charge in [0.05, 0.1) is 12.7 Å². The second kappa shape index (κ2) is 9.72. The van der Waals surface area contributed by atoms with Crippen LogP contribution in [0.5, 0.6) is 23.0 Å². The number of primary amides is 1. The van der Waals surface area contributed by atoms with Gasteiger partial charge in [0.25, 0.3) is 11.8 Å². The Kier molecular flexibility index (Phi) is 6.69. The Labute approximate surface area is 202 Å². The number of nitrogens with zero attached hydrogens (tertiary/aromatic N) is 1. The highest BCUT2D eigenvalue weighted by molar-refractivity contribution is 6.06. The molecule has 188 valence electrons. The molecule has 1 saturated carbocycles. The van der Waals surface area contributed by atoms with Crippen molar-refractivity contribution in [2.75, 3.05) is 12.4 Å². The lowest BCUT2D eigenvalue weighted by Gasteiger charge is -2.17. The summed E-state index contributed by atoms with van der Waals surface area (Å²) in [6, 6.07) is 8.20. The van der Waals surface area contributed by atoms with E-state index in [0.29, 0.717) is 5.56 Å². The first-order valence-electron chi connectivity index (χ1n) is 10.6. The summed E-state index contributed by atoms with van der Waals surface area (Å²) in [4.78, 5) is 28.2. The van der Waals surface area contributed by atoms with E-state index >= 15 is 0 Å². The van der Waals surface area contributed by atoms with Gasteiger partial charge in [-0.2, -0.15) is 0 Å². The predicted octanol–water partition coefficient (Wildman–Crippen LogP) is 5.15. The Morgan fingerprint density at radius 3 is 2.44 bits per heavy atom. The lowest BCUT2D eigenvalue weighted by atomic mass is 10.0. The number of nitrogens with two attached hydrogens (primary N) is 1. The fourth-order valence-electron chi connectivity index (χ4n) is 3.43. The number of halogens is 4. The number of hydrogen-bond donors (Lipinski definition) is 2. The molecule has 12 heteroatoms. The highest BCUT2D eigenvalue weighted by Gasteiger charge is 2.32. The summed E-state index contributed by atoms with van der Waals surface area (Å²) in [5.74, 6) is -2.96. The summed E-state index contributed by atoms with van der Waals surface area (Å²) in [5.41, 5.74) is 5.43. The number of rotatable bonds is 8. The zero-order chi connectivity index (χ0) is 26.0. The Morgan fingerprint density at radius 1 is 1.06 bits per heavy atom. The van der Waals surface area contributed by atoms with Crippen LogP contribution in [-0.4, -0.2) is 30.3 Å². The number of anilines is 1. The molecule has 3 N–H and O–H groups in total. The van der Waals surface area contributed by atoms with Gasteiger partial charge in [0, 0.05) is 18.0 Å². The molecule has 0 atom stereocenters. The first-order chi connectivity index (χ1) is 17.0. The third-order valence-electron chi connectivity index (χ3n) is 5.22. The maximum absolute atomic E-state index is 14.8. The largest absolute Gasteiger partial charge is 0.573 e. The van der Waals surface area contributed by atoms with E-state index in [1.807, 2.05) is 0 Å². The number of nitrogens with one attached hydrogen (secondary N) is 1. The average molecular weight is 505 g/mol. The minimum Gasteiger partial charge on any atom is -0.493 e. The van der Waals surface area contributed by atoms with Gasteiger partial charge in [-0.1, -0.05) is 0 Å². The van der Waals surface area contributed by atoms with Gasteiger partial charge in [-0.3, -0.25) is 14.6 Å². The van der Waals surface area contributed by atoms with Crippen LogP contribution in [0, 0.1) is 5.82 Å². The van der Waals surface area contributed by atoms with Crippen LogP contribution in [0.15, 0.2) is 48.7 Å². The van der Waals surface area contributed by atoms with Crippen molar-refractivity contribution in [1.29, 1.82) is 0 Å². The van der Waals surface area contributed by atoms with Crippen molar-refractivity contribution in [2.45, 2.75) is 25.1 Å². The summed E-state index contributed by atoms with van der Waals surface area (Å²) in [6.07, 6.45) is -2.11. The van der Waals surface area contributed by atoms with E-state index in [-0.39, 0.29) is 40.1 Å². The summed E-state index contributed by atoms with van der Waals surface area (Å²) < 4.78 is 67.4. The third kappa shape index (κ3) is 5.82. The molecule has 8 nitrogen and oxygen atoms in total. The van der Waals surface area contributed by atoms with Gasteiger partial charge in [-0.05, 0) is 60.7 Å². The molecule has 0 unspecified atom stereocenters. The Morgan fingerprint density at radius 2 is 1.81 bits per heavy atom. The number of amides is 2. The maximum Gasteiger partial charge on any atom is 0.573 e. The van der Waals surface area contributed by atoms with E-state index in [1.165, 1.54) is 37.6 Å². The monoisotopic (exact) mass is 505 g/mol. The van der Waals surface area contributed by atoms with Gasteiger partial charge in [-0.15, -0.1) is 13.2 Å². The summed E-state index contributed by atoms with van der Waals surface area (Å²) in [7, 11) is 1.22. The topological polar surface area (TPSA) is 113 Å². The second-order valence-electron chi connectivity index (χ2n) is 7.85. The minimum atomic E-state index is -4.91. The van der Waals surface area contributed by atoms with Gasteiger partial charge >= 0.3 is 6.36 Å². The molecule has 1 aromatic heterocycles. The maximum atomic E-state index is 14.8. The highest BCUT2D eigenvalue weighted by Crippen LogP contribution is 2.45. The number of methoxy groups -OCH3 is 1. The predicted molar refractivity (Wildman–Crippen MR) is 119 cm³/mol. The van der Waals surface area contributed by atoms with Crippen LogP contribution in [0.1, 0.15) is 45.2 Å². The van der Waals surface area contributed by atoms with E-state index in [4.69, 9.17) is 15.2 Å². The lowest BCUT2D eigenvalue weighted by molar-refractivity contribution is -0.274. The molecular formula is C24H19F4N3O5. The first-order valence-corrected chi connectivity index (χ1v) is 10.6. The molecule has 2 aromatic carbocycles. The van der Waals surface area contributed by atoms with Gasteiger partial charge in [-0.25, -0.2) is 4.39 Å². The number of pyridine rings is 1. The van der Waals surface area contributed by atoms with Crippen molar-refractivity contribution in [3.05, 3.63) is 71.3 Å². The van der Waals surface area contributed by atoms with E-state index < -0.39 is 29.7 Å². The highest BCUT2D eigenvalue weighted by atomic mass is 19.4. The normalized spacial score (nSPS) is 13.1. The standard InChI is InChI=1S/C24H19F4N3O5/c1-34-21-9-14(36-24(26,27)28)4-5-19(21)35-20-11-15(12-2-3-12)17(25)10-16(20)23(33)31-13-6-7-30-18(8-13)22(29)32/h4-12H,2-3H2,1H3,(H2,29,32)(H,30,31,33). The Hall–Kier alpha value is -4.35. The number of carbonyl (C=O) groups excluding carboxylic acids is 2. The smallest absolute Gasteiger partial charge is 0.493 e. The molecule has 3 aromatic rings. The van der Waals surface area contributed by atoms with Crippen LogP contribution < -0.4 is 25.3 Å². The molecule has 1 aliphatic rings. The van der Waals surface area contributed by atoms with Crippen LogP contribution in [0.25, 0.3) is 0 Å². The van der Waals surface area contributed by atoms with Crippen LogP contribution >= 0.6 is 0 Å². The fraction of sp³-hybridized carbons (Fsp3) is 0.208. The van der Waals surface area contributed by atoms with E-state index in [1.54, 1.807) is 0 Å². The summed E-state index contributed by atoms with van der Waals surface area (Å²) in [6.45, 7) is 0. The molecule has 0 radical (unpaired) electrons. The van der Waals surface area contributed by atoms with Crippen LogP contribution in [0.2, 0.25) is 0 Å². The lowest BCUT2D eigenvalue weighted by Crippen LogP contribution is -2.17. The zero-order valence-corrected chi connectivity index (χ0v) is 18.7. The molecule has 1 fully saturated rings. The van der Waals surface area contributed by atoms with Crippen molar-refractivity contribution in [3.8, 4) is 23.0 Å². The number of carbonyl (C=O) groups is 2. The number of benzene rings is 2. The molecule has 1 aliphatic carbocycles. The molecule has 2 amide bonds. The van der Waals surface area contributed by atoms with Gasteiger partial charge in [0.1, 0.15) is 23.0 Å². The van der Waals surface area contributed by atoms with Crippen LogP contribution in [0.4, 0.5) is 23.2 Å². The van der Waals surface area contributed by atoms with Crippen molar-refractivity contribution in [2.24, 2.45) is 5.73 Å². The van der Waals surface area contributed by atoms with E-state index in [0.717, 1.165) is 31.0 Å². The number of aromatic nitrogens is 1. The van der Waals surface area contributed by atoms with E-state index in [9.17, 15) is 27.2 Å². The second-order valence-corrected chi connectivity index (χ2v) is 7.85. The Balaban J connectivity index is 1.68. The molecule has 0 bridgehead atoms. The molecule has 36 heavy (non-hydrogen) atoms. The summed E-state index contributed by atoms with van der Waals surface area (Å²) >= 11 is 0. The van der Waals surface area contributed by atoms with Crippen molar-refractivity contribution < 1.29 is 41.4 Å². The first kappa shape index (κ1) is 24.8. The van der Waals surface area contributed by atoms with Crippen molar-refractivity contribution in [3.63, 3.8) is 0 Å². The SMILES string of the molecule is COc1cc(OC(F)(F)F)ccc1Oc1cc(C2CC2)c(F)cc1C(=O)Nc1ccnc(C(N)=O)c1. The molecule has 1 heterocycles. The molecule has 0 aliphatic heterocycles. The van der Waals surface area contributed by atoms with Gasteiger partial charge < -0.3 is 25.3 Å². The summed E-state index contributed by atoms with van der Waals surface area (Å²) in [5, 5.41) is 2.53. The number of ether oxygens (including phenoxy) is 3. The number of hydrogen-bond acceptors (Lipinski definition) is 6. The van der Waals surface area contributed by atoms with Crippen LogP contribution in [0.3, 0.4) is 0 Å². The molecule has 0 spiro atoms. The fourth-order valence-corrected chi connectivity index (χ4v) is 3.43. The third-order valence-corrected chi connectivity index (χ3v) is 5.22.